The maximum absolute atomic E-state index is 11.0. The number of carboxylic acid groups (broad SMARTS) is 1. The topological polar surface area (TPSA) is 88.8 Å². The van der Waals surface area contributed by atoms with Crippen LogP contribution in [0.2, 0.25) is 5.02 Å². The highest BCUT2D eigenvalue weighted by Gasteiger charge is 2.15. The molecule has 0 aliphatic carbocycles. The zero-order valence-corrected chi connectivity index (χ0v) is 18.6. The molecule has 0 saturated heterocycles. The molecule has 1 aliphatic heterocycles. The highest BCUT2D eigenvalue weighted by Crippen LogP contribution is 2.36. The monoisotopic (exact) mass is 461 g/mol. The van der Waals surface area contributed by atoms with Gasteiger partial charge >= 0.3 is 5.97 Å². The van der Waals surface area contributed by atoms with Crippen LogP contribution < -0.4 is 14.2 Å². The Morgan fingerprint density at radius 2 is 1.94 bits per heavy atom. The van der Waals surface area contributed by atoms with Gasteiger partial charge in [0.2, 0.25) is 0 Å². The molecule has 0 aromatic heterocycles. The molecular formula is C26H20ClNO5. The summed E-state index contributed by atoms with van der Waals surface area (Å²) >= 11 is 6.33. The van der Waals surface area contributed by atoms with Crippen molar-refractivity contribution in [2.45, 2.75) is 13.5 Å². The number of aliphatic carboxylic acids is 1. The van der Waals surface area contributed by atoms with Gasteiger partial charge in [-0.3, -0.25) is 0 Å². The van der Waals surface area contributed by atoms with Crippen LogP contribution in [0.4, 0.5) is 0 Å². The van der Waals surface area contributed by atoms with Crippen molar-refractivity contribution in [3.63, 3.8) is 0 Å². The van der Waals surface area contributed by atoms with E-state index < -0.39 is 5.97 Å². The molecule has 3 aromatic carbocycles. The number of fused-ring (bicyclic) bond motifs is 1. The van der Waals surface area contributed by atoms with Crippen molar-refractivity contribution in [3.8, 4) is 34.4 Å². The second kappa shape index (κ2) is 9.68. The van der Waals surface area contributed by atoms with Gasteiger partial charge in [-0.25, -0.2) is 4.79 Å². The van der Waals surface area contributed by atoms with Gasteiger partial charge in [-0.2, -0.15) is 5.26 Å². The first kappa shape index (κ1) is 22.3. The number of hydrogen-bond acceptors (Lipinski definition) is 5. The third-order valence-electron chi connectivity index (χ3n) is 5.30. The highest BCUT2D eigenvalue weighted by atomic mass is 35.5. The molecule has 7 heteroatoms. The van der Waals surface area contributed by atoms with E-state index in [4.69, 9.17) is 36.2 Å². The van der Waals surface area contributed by atoms with Gasteiger partial charge in [-0.15, -0.1) is 0 Å². The number of nitriles is 1. The van der Waals surface area contributed by atoms with Gasteiger partial charge < -0.3 is 19.3 Å². The van der Waals surface area contributed by atoms with E-state index in [1.54, 1.807) is 24.3 Å². The van der Waals surface area contributed by atoms with Crippen molar-refractivity contribution >= 4 is 23.6 Å². The Bertz CT molecular complexity index is 1290. The van der Waals surface area contributed by atoms with Crippen LogP contribution in [0.5, 0.6) is 17.2 Å². The van der Waals surface area contributed by atoms with Crippen LogP contribution in [0.1, 0.15) is 16.7 Å². The number of hydrogen-bond donors (Lipinski definition) is 1. The number of benzene rings is 3. The fourth-order valence-electron chi connectivity index (χ4n) is 3.55. The minimum Gasteiger partial charge on any atom is -0.487 e. The number of carbonyl (C=O) groups is 1. The molecule has 6 nitrogen and oxygen atoms in total. The first-order chi connectivity index (χ1) is 16.0. The number of nitrogens with zero attached hydrogens (tertiary/aromatic N) is 1. The molecular weight excluding hydrogens is 442 g/mol. The molecule has 0 unspecified atom stereocenters. The van der Waals surface area contributed by atoms with Gasteiger partial charge in [0.25, 0.3) is 0 Å². The maximum Gasteiger partial charge on any atom is 0.346 e. The quantitative estimate of drug-likeness (QED) is 0.376. The van der Waals surface area contributed by atoms with Gasteiger partial charge in [0, 0.05) is 0 Å². The summed E-state index contributed by atoms with van der Waals surface area (Å²) in [5.74, 6) is 0.664. The van der Waals surface area contributed by atoms with E-state index in [0.717, 1.165) is 33.8 Å². The van der Waals surface area contributed by atoms with E-state index in [1.165, 1.54) is 6.08 Å². The molecule has 166 valence electrons. The molecule has 0 fully saturated rings. The van der Waals surface area contributed by atoms with E-state index in [0.29, 0.717) is 36.2 Å². The van der Waals surface area contributed by atoms with E-state index in [1.807, 2.05) is 43.3 Å². The van der Waals surface area contributed by atoms with Gasteiger partial charge in [-0.1, -0.05) is 41.9 Å². The molecule has 0 bridgehead atoms. The van der Waals surface area contributed by atoms with Crippen molar-refractivity contribution in [2.75, 3.05) is 13.2 Å². The molecule has 0 atom stereocenters. The Labute approximate surface area is 196 Å². The van der Waals surface area contributed by atoms with Crippen molar-refractivity contribution in [2.24, 2.45) is 0 Å². The lowest BCUT2D eigenvalue weighted by atomic mass is 9.96. The van der Waals surface area contributed by atoms with Gasteiger partial charge in [0.15, 0.2) is 11.5 Å². The van der Waals surface area contributed by atoms with Crippen molar-refractivity contribution in [1.29, 1.82) is 5.26 Å². The number of ether oxygens (including phenoxy) is 3. The highest BCUT2D eigenvalue weighted by molar-refractivity contribution is 6.32. The van der Waals surface area contributed by atoms with E-state index in [-0.39, 0.29) is 5.57 Å². The van der Waals surface area contributed by atoms with E-state index in [9.17, 15) is 4.79 Å². The number of halogens is 1. The predicted octanol–water partition coefficient (Wildman–Crippen LogP) is 5.66. The molecule has 1 heterocycles. The summed E-state index contributed by atoms with van der Waals surface area (Å²) in [6, 6.07) is 18.5. The fourth-order valence-corrected chi connectivity index (χ4v) is 3.79. The normalized spacial score (nSPS) is 12.7. The average molecular weight is 462 g/mol. The van der Waals surface area contributed by atoms with Crippen LogP contribution in [-0.2, 0) is 11.4 Å². The van der Waals surface area contributed by atoms with Crippen LogP contribution in [0, 0.1) is 18.3 Å². The van der Waals surface area contributed by atoms with Crippen LogP contribution in [0.25, 0.3) is 17.2 Å². The zero-order valence-electron chi connectivity index (χ0n) is 17.8. The first-order valence-electron chi connectivity index (χ1n) is 10.2. The molecule has 1 N–H and O–H groups in total. The van der Waals surface area contributed by atoms with Crippen LogP contribution in [0.15, 0.2) is 60.2 Å². The second-order valence-electron chi connectivity index (χ2n) is 7.40. The summed E-state index contributed by atoms with van der Waals surface area (Å²) in [6.07, 6.45) is 1.26. The lowest BCUT2D eigenvalue weighted by Gasteiger charge is -2.20. The van der Waals surface area contributed by atoms with Gasteiger partial charge in [-0.05, 0) is 65.1 Å². The number of rotatable bonds is 6. The Morgan fingerprint density at radius 3 is 2.67 bits per heavy atom. The van der Waals surface area contributed by atoms with Crippen molar-refractivity contribution in [3.05, 3.63) is 81.9 Å². The van der Waals surface area contributed by atoms with Crippen molar-refractivity contribution in [1.82, 2.24) is 0 Å². The Kier molecular flexibility index (Phi) is 6.53. The summed E-state index contributed by atoms with van der Waals surface area (Å²) in [4.78, 5) is 11.0. The molecule has 0 amide bonds. The van der Waals surface area contributed by atoms with E-state index in [2.05, 4.69) is 0 Å². The lowest BCUT2D eigenvalue weighted by molar-refractivity contribution is -0.132. The molecule has 0 spiro atoms. The summed E-state index contributed by atoms with van der Waals surface area (Å²) in [7, 11) is 0. The third kappa shape index (κ3) is 4.94. The molecule has 33 heavy (non-hydrogen) atoms. The second-order valence-corrected chi connectivity index (χ2v) is 7.81. The Morgan fingerprint density at radius 1 is 1.15 bits per heavy atom. The average Bonchev–Trinajstić information content (AvgIpc) is 2.82. The zero-order chi connectivity index (χ0) is 23.4. The standard InChI is InChI=1S/C26H20ClNO5/c1-16-19(3-2-4-21(16)18-6-8-24-25(13-18)32-10-9-31-24)15-33-23-7-5-17(12-22(23)27)11-20(14-28)26(29)30/h2-8,11-13H,9-10,15H2,1H3,(H,29,30). The Hall–Kier alpha value is -3.95. The maximum atomic E-state index is 11.0. The predicted molar refractivity (Wildman–Crippen MR) is 125 cm³/mol. The smallest absolute Gasteiger partial charge is 0.346 e. The number of carboxylic acids is 1. The van der Waals surface area contributed by atoms with Crippen molar-refractivity contribution < 1.29 is 24.1 Å². The largest absolute Gasteiger partial charge is 0.487 e. The molecule has 4 rings (SSSR count). The summed E-state index contributed by atoms with van der Waals surface area (Å²) in [5, 5.41) is 18.2. The van der Waals surface area contributed by atoms with E-state index >= 15 is 0 Å². The van der Waals surface area contributed by atoms with Crippen LogP contribution in [0.3, 0.4) is 0 Å². The molecule has 1 aliphatic rings. The minimum atomic E-state index is -1.29. The lowest BCUT2D eigenvalue weighted by Crippen LogP contribution is -2.15. The molecule has 3 aromatic rings. The van der Waals surface area contributed by atoms with Gasteiger partial charge in [0.05, 0.1) is 5.02 Å². The SMILES string of the molecule is Cc1c(COc2ccc(C=C(C#N)C(=O)O)cc2Cl)cccc1-c1ccc2c(c1)OCCO2. The summed E-state index contributed by atoms with van der Waals surface area (Å²) in [5.41, 5.74) is 4.30. The fraction of sp³-hybridized carbons (Fsp3) is 0.154. The molecule has 0 saturated carbocycles. The van der Waals surface area contributed by atoms with Gasteiger partial charge in [0.1, 0.15) is 37.2 Å². The molecule has 0 radical (unpaired) electrons. The minimum absolute atomic E-state index is 0.303. The Balaban J connectivity index is 1.53. The summed E-state index contributed by atoms with van der Waals surface area (Å²) in [6.45, 7) is 3.43. The summed E-state index contributed by atoms with van der Waals surface area (Å²) < 4.78 is 17.3. The first-order valence-corrected chi connectivity index (χ1v) is 10.6. The van der Waals surface area contributed by atoms with Crippen LogP contribution >= 0.6 is 11.6 Å². The third-order valence-corrected chi connectivity index (χ3v) is 5.60. The van der Waals surface area contributed by atoms with Crippen LogP contribution in [-0.4, -0.2) is 24.3 Å².